The second-order valence-corrected chi connectivity index (χ2v) is 5.46. The van der Waals surface area contributed by atoms with Crippen LogP contribution in [0.15, 0.2) is 66.7 Å². The first-order valence-electron chi connectivity index (χ1n) is 9.58. The molecule has 2 aromatic carbocycles. The Labute approximate surface area is 164 Å². The van der Waals surface area contributed by atoms with Crippen LogP contribution >= 0.6 is 0 Å². The number of rotatable bonds is 4. The Morgan fingerprint density at radius 1 is 0.630 bits per heavy atom. The van der Waals surface area contributed by atoms with E-state index in [0.717, 1.165) is 22.9 Å². The van der Waals surface area contributed by atoms with Gasteiger partial charge >= 0.3 is 0 Å². The normalized spacial score (nSPS) is 9.30. The zero-order valence-corrected chi connectivity index (χ0v) is 17.6. The minimum atomic E-state index is 0.689. The van der Waals surface area contributed by atoms with Gasteiger partial charge in [0.05, 0.1) is 0 Å². The van der Waals surface area contributed by atoms with Crippen molar-refractivity contribution in [3.05, 3.63) is 72.4 Å². The molecule has 0 amide bonds. The van der Waals surface area contributed by atoms with Gasteiger partial charge in [0.1, 0.15) is 5.82 Å². The Balaban J connectivity index is 0.000000855. The largest absolute Gasteiger partial charge is 0.329 e. The van der Waals surface area contributed by atoms with Crippen molar-refractivity contribution < 1.29 is 0 Å². The zero-order chi connectivity index (χ0) is 20.2. The summed E-state index contributed by atoms with van der Waals surface area (Å²) in [6, 6.07) is 22.3. The fraction of sp³-hybridized carbons (Fsp3) is 0.304. The standard InChI is InChI=1S/C19H20N4.2C2H6/c1-15-14-18(22(2)16-10-6-4-7-11-16)21-19(20-15)23(3)17-12-8-5-9-13-17;2*1-2/h4-14H,1-3H3;2*1-2H3. The van der Waals surface area contributed by atoms with Gasteiger partial charge in [-0.15, -0.1) is 0 Å². The summed E-state index contributed by atoms with van der Waals surface area (Å²) < 4.78 is 0. The molecule has 0 aliphatic heterocycles. The fourth-order valence-corrected chi connectivity index (χ4v) is 2.41. The molecule has 4 heteroatoms. The molecule has 27 heavy (non-hydrogen) atoms. The van der Waals surface area contributed by atoms with Crippen LogP contribution in [0.3, 0.4) is 0 Å². The zero-order valence-electron chi connectivity index (χ0n) is 17.6. The van der Waals surface area contributed by atoms with E-state index in [-0.39, 0.29) is 0 Å². The Bertz CT molecular complexity index is 709. The van der Waals surface area contributed by atoms with Crippen LogP contribution in [0.2, 0.25) is 0 Å². The molecule has 0 aliphatic carbocycles. The van der Waals surface area contributed by atoms with E-state index in [1.54, 1.807) is 0 Å². The summed E-state index contributed by atoms with van der Waals surface area (Å²) in [6.07, 6.45) is 0. The predicted octanol–water partition coefficient (Wildman–Crippen LogP) is 6.37. The monoisotopic (exact) mass is 364 g/mol. The summed E-state index contributed by atoms with van der Waals surface area (Å²) in [5.41, 5.74) is 3.10. The minimum Gasteiger partial charge on any atom is -0.329 e. The molecular weight excluding hydrogens is 332 g/mol. The van der Waals surface area contributed by atoms with Crippen molar-refractivity contribution >= 4 is 23.1 Å². The van der Waals surface area contributed by atoms with E-state index < -0.39 is 0 Å². The molecule has 0 spiro atoms. The van der Waals surface area contributed by atoms with Crippen LogP contribution in [0, 0.1) is 6.92 Å². The summed E-state index contributed by atoms with van der Waals surface area (Å²) >= 11 is 0. The average Bonchev–Trinajstić information content (AvgIpc) is 2.76. The topological polar surface area (TPSA) is 32.3 Å². The van der Waals surface area contributed by atoms with Gasteiger partial charge < -0.3 is 9.80 Å². The molecule has 4 nitrogen and oxygen atoms in total. The summed E-state index contributed by atoms with van der Waals surface area (Å²) in [5, 5.41) is 0. The third-order valence-electron chi connectivity index (χ3n) is 3.76. The number of aromatic nitrogens is 2. The van der Waals surface area contributed by atoms with Gasteiger partial charge in [-0.3, -0.25) is 0 Å². The van der Waals surface area contributed by atoms with Crippen LogP contribution in [-0.2, 0) is 0 Å². The molecule has 0 N–H and O–H groups in total. The number of para-hydroxylation sites is 2. The van der Waals surface area contributed by atoms with Crippen LogP contribution in [0.5, 0.6) is 0 Å². The Morgan fingerprint density at radius 3 is 1.56 bits per heavy atom. The number of nitrogens with zero attached hydrogens (tertiary/aromatic N) is 4. The highest BCUT2D eigenvalue weighted by Crippen LogP contribution is 2.26. The first kappa shape index (κ1) is 22.2. The quantitative estimate of drug-likeness (QED) is 0.538. The van der Waals surface area contributed by atoms with Crippen molar-refractivity contribution in [1.29, 1.82) is 0 Å². The van der Waals surface area contributed by atoms with Crippen LogP contribution in [-0.4, -0.2) is 24.1 Å². The minimum absolute atomic E-state index is 0.689. The lowest BCUT2D eigenvalue weighted by atomic mass is 10.3. The van der Waals surface area contributed by atoms with E-state index in [2.05, 4.69) is 22.0 Å². The van der Waals surface area contributed by atoms with Gasteiger partial charge in [-0.25, -0.2) is 4.98 Å². The Kier molecular flexibility index (Phi) is 9.59. The van der Waals surface area contributed by atoms with E-state index in [4.69, 9.17) is 4.98 Å². The molecule has 0 bridgehead atoms. The van der Waals surface area contributed by atoms with Gasteiger partial charge in [0.2, 0.25) is 5.95 Å². The first-order chi connectivity index (χ1) is 13.1. The van der Waals surface area contributed by atoms with Crippen LogP contribution in [0.25, 0.3) is 0 Å². The van der Waals surface area contributed by atoms with E-state index >= 15 is 0 Å². The van der Waals surface area contributed by atoms with Crippen molar-refractivity contribution in [2.45, 2.75) is 34.6 Å². The number of aryl methyl sites for hydroxylation is 1. The highest BCUT2D eigenvalue weighted by Gasteiger charge is 2.12. The average molecular weight is 365 g/mol. The SMILES string of the molecule is CC.CC.Cc1cc(N(C)c2ccccc2)nc(N(C)c2ccccc2)n1. The molecule has 3 rings (SSSR count). The third kappa shape index (κ3) is 6.10. The maximum atomic E-state index is 4.73. The summed E-state index contributed by atoms with van der Waals surface area (Å²) in [7, 11) is 4.00. The number of hydrogen-bond donors (Lipinski definition) is 0. The van der Waals surface area contributed by atoms with Gasteiger partial charge in [0.15, 0.2) is 0 Å². The fourth-order valence-electron chi connectivity index (χ4n) is 2.41. The molecule has 144 valence electrons. The first-order valence-corrected chi connectivity index (χ1v) is 9.58. The van der Waals surface area contributed by atoms with Gasteiger partial charge in [-0.1, -0.05) is 64.1 Å². The van der Waals surface area contributed by atoms with Crippen molar-refractivity contribution in [1.82, 2.24) is 9.97 Å². The van der Waals surface area contributed by atoms with Gasteiger partial charge in [-0.05, 0) is 31.2 Å². The molecule has 0 fully saturated rings. The van der Waals surface area contributed by atoms with Crippen LogP contribution in [0.4, 0.5) is 23.1 Å². The number of hydrogen-bond acceptors (Lipinski definition) is 4. The second kappa shape index (κ2) is 11.7. The predicted molar refractivity (Wildman–Crippen MR) is 118 cm³/mol. The molecule has 1 heterocycles. The molecule has 0 radical (unpaired) electrons. The lowest BCUT2D eigenvalue weighted by molar-refractivity contribution is 0.990. The van der Waals surface area contributed by atoms with Crippen LogP contribution in [0.1, 0.15) is 33.4 Å². The Morgan fingerprint density at radius 2 is 1.07 bits per heavy atom. The highest BCUT2D eigenvalue weighted by molar-refractivity contribution is 5.63. The van der Waals surface area contributed by atoms with Crippen molar-refractivity contribution in [2.24, 2.45) is 0 Å². The van der Waals surface area contributed by atoms with E-state index in [9.17, 15) is 0 Å². The molecule has 0 saturated heterocycles. The van der Waals surface area contributed by atoms with E-state index in [0.29, 0.717) is 5.95 Å². The number of anilines is 4. The molecule has 0 unspecified atom stereocenters. The van der Waals surface area contributed by atoms with E-state index in [1.807, 2.05) is 108 Å². The molecule has 1 aromatic heterocycles. The number of benzene rings is 2. The highest BCUT2D eigenvalue weighted by atomic mass is 15.3. The summed E-state index contributed by atoms with van der Waals surface area (Å²) in [4.78, 5) is 13.4. The van der Waals surface area contributed by atoms with Gasteiger partial charge in [0.25, 0.3) is 0 Å². The van der Waals surface area contributed by atoms with Gasteiger partial charge in [0, 0.05) is 37.2 Å². The van der Waals surface area contributed by atoms with E-state index in [1.165, 1.54) is 0 Å². The molecule has 0 atom stereocenters. The smallest absolute Gasteiger partial charge is 0.231 e. The molecule has 0 aliphatic rings. The van der Waals surface area contributed by atoms with Crippen LogP contribution < -0.4 is 9.80 Å². The van der Waals surface area contributed by atoms with Crippen molar-refractivity contribution in [3.63, 3.8) is 0 Å². The molecule has 0 saturated carbocycles. The molecular formula is C23H32N4. The maximum absolute atomic E-state index is 4.73. The van der Waals surface area contributed by atoms with Gasteiger partial charge in [-0.2, -0.15) is 4.98 Å². The maximum Gasteiger partial charge on any atom is 0.231 e. The Hall–Kier alpha value is -2.88. The summed E-state index contributed by atoms with van der Waals surface area (Å²) in [6.45, 7) is 9.99. The third-order valence-corrected chi connectivity index (χ3v) is 3.76. The lowest BCUT2D eigenvalue weighted by Crippen LogP contribution is -2.17. The lowest BCUT2D eigenvalue weighted by Gasteiger charge is -2.22. The van der Waals surface area contributed by atoms with Crippen molar-refractivity contribution in [2.75, 3.05) is 23.9 Å². The molecule has 3 aromatic rings. The second-order valence-electron chi connectivity index (χ2n) is 5.46. The summed E-state index contributed by atoms with van der Waals surface area (Å²) in [5.74, 6) is 1.57. The van der Waals surface area contributed by atoms with Crippen molar-refractivity contribution in [3.8, 4) is 0 Å².